The van der Waals surface area contributed by atoms with Crippen molar-refractivity contribution >= 4 is 52.2 Å². The summed E-state index contributed by atoms with van der Waals surface area (Å²) in [5.41, 5.74) is 2.33. The molecule has 3 aromatic rings. The van der Waals surface area contributed by atoms with Crippen LogP contribution in [0.1, 0.15) is 11.3 Å². The zero-order valence-corrected chi connectivity index (χ0v) is 17.1. The van der Waals surface area contributed by atoms with Crippen molar-refractivity contribution in [2.45, 2.75) is 17.3 Å². The number of pyridine rings is 1. The van der Waals surface area contributed by atoms with Gasteiger partial charge in [-0.05, 0) is 35.9 Å². The molecule has 0 aliphatic heterocycles. The number of hydrogen-bond donors (Lipinski definition) is 2. The molecule has 0 spiro atoms. The van der Waals surface area contributed by atoms with E-state index >= 15 is 0 Å². The zero-order chi connectivity index (χ0) is 19.8. The van der Waals surface area contributed by atoms with E-state index in [9.17, 15) is 9.59 Å². The van der Waals surface area contributed by atoms with Crippen LogP contribution in [-0.4, -0.2) is 27.5 Å². The Hall–Kier alpha value is -2.42. The van der Waals surface area contributed by atoms with E-state index < -0.39 is 0 Å². The summed E-state index contributed by atoms with van der Waals surface area (Å²) < 4.78 is 0.751. The number of nitrogens with zero attached hydrogens (tertiary/aromatic N) is 2. The van der Waals surface area contributed by atoms with E-state index in [2.05, 4.69) is 20.6 Å². The molecule has 3 rings (SSSR count). The van der Waals surface area contributed by atoms with E-state index in [0.717, 1.165) is 9.90 Å². The summed E-state index contributed by atoms with van der Waals surface area (Å²) in [6.07, 6.45) is 3.61. The lowest BCUT2D eigenvalue weighted by Gasteiger charge is -2.04. The fourth-order valence-corrected chi connectivity index (χ4v) is 3.99. The number of halogens is 1. The highest BCUT2D eigenvalue weighted by molar-refractivity contribution is 8.01. The summed E-state index contributed by atoms with van der Waals surface area (Å²) in [5, 5.41) is 8.10. The van der Waals surface area contributed by atoms with Gasteiger partial charge in [-0.1, -0.05) is 29.4 Å². The van der Waals surface area contributed by atoms with Gasteiger partial charge in [0.1, 0.15) is 0 Å². The Balaban J connectivity index is 1.41. The molecule has 28 heavy (non-hydrogen) atoms. The standard InChI is InChI=1S/C19H17ClN4O2S2/c20-14-3-5-15(6-4-14)23-18(26)12-28-19-24-16(11-27-19)8-17(25)22-10-13-2-1-7-21-9-13/h1-7,9,11H,8,10,12H2,(H,22,25)(H,23,26). The molecule has 2 heterocycles. The maximum absolute atomic E-state index is 12.0. The van der Waals surface area contributed by atoms with Gasteiger partial charge >= 0.3 is 0 Å². The minimum Gasteiger partial charge on any atom is -0.352 e. The molecule has 6 nitrogen and oxygen atoms in total. The molecule has 144 valence electrons. The van der Waals surface area contributed by atoms with Gasteiger partial charge in [0.25, 0.3) is 0 Å². The van der Waals surface area contributed by atoms with E-state index in [-0.39, 0.29) is 24.0 Å². The smallest absolute Gasteiger partial charge is 0.234 e. The van der Waals surface area contributed by atoms with Gasteiger partial charge in [0.2, 0.25) is 11.8 Å². The number of nitrogens with one attached hydrogen (secondary N) is 2. The van der Waals surface area contributed by atoms with Crippen LogP contribution in [0, 0.1) is 0 Å². The molecule has 9 heteroatoms. The third kappa shape index (κ3) is 6.63. The van der Waals surface area contributed by atoms with Gasteiger partial charge in [0, 0.05) is 35.0 Å². The molecule has 2 aromatic heterocycles. The highest BCUT2D eigenvalue weighted by Gasteiger charge is 2.10. The number of benzene rings is 1. The van der Waals surface area contributed by atoms with Crippen molar-refractivity contribution in [3.63, 3.8) is 0 Å². The van der Waals surface area contributed by atoms with E-state index in [1.165, 1.54) is 23.1 Å². The van der Waals surface area contributed by atoms with Gasteiger partial charge in [-0.25, -0.2) is 4.98 Å². The topological polar surface area (TPSA) is 84.0 Å². The van der Waals surface area contributed by atoms with Gasteiger partial charge in [0.15, 0.2) is 4.34 Å². The fourth-order valence-electron chi connectivity index (χ4n) is 2.22. The molecule has 2 N–H and O–H groups in total. The van der Waals surface area contributed by atoms with Crippen molar-refractivity contribution in [1.29, 1.82) is 0 Å². The summed E-state index contributed by atoms with van der Waals surface area (Å²) in [6.45, 7) is 0.434. The number of amides is 2. The van der Waals surface area contributed by atoms with Crippen molar-refractivity contribution in [2.24, 2.45) is 0 Å². The van der Waals surface area contributed by atoms with Gasteiger partial charge < -0.3 is 10.6 Å². The second-order valence-corrected chi connectivity index (χ2v) is 8.28. The van der Waals surface area contributed by atoms with Crippen molar-refractivity contribution in [3.8, 4) is 0 Å². The molecule has 0 aliphatic rings. The molecular formula is C19H17ClN4O2S2. The summed E-state index contributed by atoms with van der Waals surface area (Å²) in [5.74, 6) is 0.00690. The van der Waals surface area contributed by atoms with Crippen LogP contribution in [0.5, 0.6) is 0 Å². The summed E-state index contributed by atoms with van der Waals surface area (Å²) in [6, 6.07) is 10.7. The molecule has 2 amide bonds. The molecule has 0 saturated carbocycles. The monoisotopic (exact) mass is 432 g/mol. The zero-order valence-electron chi connectivity index (χ0n) is 14.7. The third-order valence-corrected chi connectivity index (χ3v) is 5.86. The number of rotatable bonds is 8. The Morgan fingerprint density at radius 3 is 2.71 bits per heavy atom. The average molecular weight is 433 g/mol. The molecule has 0 unspecified atom stereocenters. The summed E-state index contributed by atoms with van der Waals surface area (Å²) >= 11 is 8.58. The van der Waals surface area contributed by atoms with Crippen molar-refractivity contribution in [3.05, 3.63) is 70.5 Å². The first-order valence-corrected chi connectivity index (χ1v) is 10.6. The van der Waals surface area contributed by atoms with E-state index in [0.29, 0.717) is 22.9 Å². The first kappa shape index (κ1) is 20.3. The predicted octanol–water partition coefficient (Wildman–Crippen LogP) is 3.78. The lowest BCUT2D eigenvalue weighted by Crippen LogP contribution is -2.24. The minimum absolute atomic E-state index is 0.105. The number of hydrogen-bond acceptors (Lipinski definition) is 6. The van der Waals surface area contributed by atoms with Crippen LogP contribution in [-0.2, 0) is 22.6 Å². The second kappa shape index (κ2) is 10.2. The molecule has 0 atom stereocenters. The Bertz CT molecular complexity index is 933. The summed E-state index contributed by atoms with van der Waals surface area (Å²) in [4.78, 5) is 32.5. The van der Waals surface area contributed by atoms with Crippen LogP contribution in [0.25, 0.3) is 0 Å². The number of carbonyl (C=O) groups excluding carboxylic acids is 2. The maximum Gasteiger partial charge on any atom is 0.234 e. The third-order valence-electron chi connectivity index (χ3n) is 3.54. The summed E-state index contributed by atoms with van der Waals surface area (Å²) in [7, 11) is 0. The Morgan fingerprint density at radius 2 is 1.96 bits per heavy atom. The first-order chi connectivity index (χ1) is 13.6. The average Bonchev–Trinajstić information content (AvgIpc) is 3.15. The minimum atomic E-state index is -0.127. The SMILES string of the molecule is O=C(Cc1csc(SCC(=O)Nc2ccc(Cl)cc2)n1)NCc1cccnc1. The maximum atomic E-state index is 12.0. The van der Waals surface area contributed by atoms with Crippen molar-refractivity contribution < 1.29 is 9.59 Å². The van der Waals surface area contributed by atoms with Crippen LogP contribution in [0.2, 0.25) is 5.02 Å². The van der Waals surface area contributed by atoms with Gasteiger partial charge in [-0.3, -0.25) is 14.6 Å². The lowest BCUT2D eigenvalue weighted by atomic mass is 10.2. The van der Waals surface area contributed by atoms with Gasteiger partial charge in [0.05, 0.1) is 17.9 Å². The normalized spacial score (nSPS) is 10.5. The van der Waals surface area contributed by atoms with E-state index in [1.807, 2.05) is 17.5 Å². The van der Waals surface area contributed by atoms with Crippen LogP contribution in [0.4, 0.5) is 5.69 Å². The van der Waals surface area contributed by atoms with Gasteiger partial charge in [-0.15, -0.1) is 11.3 Å². The van der Waals surface area contributed by atoms with Crippen LogP contribution < -0.4 is 10.6 Å². The number of carbonyl (C=O) groups is 2. The molecular weight excluding hydrogens is 416 g/mol. The highest BCUT2D eigenvalue weighted by Crippen LogP contribution is 2.23. The number of thioether (sulfide) groups is 1. The van der Waals surface area contributed by atoms with Crippen molar-refractivity contribution in [2.75, 3.05) is 11.1 Å². The van der Waals surface area contributed by atoms with Crippen LogP contribution in [0.3, 0.4) is 0 Å². The van der Waals surface area contributed by atoms with Crippen LogP contribution in [0.15, 0.2) is 58.5 Å². The Labute approximate surface area is 175 Å². The quantitative estimate of drug-likeness (QED) is 0.529. The molecule has 0 bridgehead atoms. The Kier molecular flexibility index (Phi) is 7.41. The molecule has 1 aromatic carbocycles. The molecule has 0 saturated heterocycles. The first-order valence-electron chi connectivity index (χ1n) is 8.37. The van der Waals surface area contributed by atoms with Crippen LogP contribution >= 0.6 is 34.7 Å². The lowest BCUT2D eigenvalue weighted by molar-refractivity contribution is -0.120. The molecule has 0 aliphatic carbocycles. The van der Waals surface area contributed by atoms with Crippen molar-refractivity contribution in [1.82, 2.24) is 15.3 Å². The number of thiazole rings is 1. The largest absolute Gasteiger partial charge is 0.352 e. The number of aromatic nitrogens is 2. The molecule has 0 fully saturated rings. The Morgan fingerprint density at radius 1 is 1.14 bits per heavy atom. The number of anilines is 1. The fraction of sp³-hybridized carbons (Fsp3) is 0.158. The van der Waals surface area contributed by atoms with Gasteiger partial charge in [-0.2, -0.15) is 0 Å². The predicted molar refractivity (Wildman–Crippen MR) is 113 cm³/mol. The van der Waals surface area contributed by atoms with E-state index in [1.54, 1.807) is 36.7 Å². The second-order valence-electron chi connectivity index (χ2n) is 5.76. The van der Waals surface area contributed by atoms with E-state index in [4.69, 9.17) is 11.6 Å². The molecule has 0 radical (unpaired) electrons. The highest BCUT2D eigenvalue weighted by atomic mass is 35.5.